The predicted molar refractivity (Wildman–Crippen MR) is 88.5 cm³/mol. The topological polar surface area (TPSA) is 47.4 Å². The molecular formula is C18H23N3O2. The van der Waals surface area contributed by atoms with Crippen molar-refractivity contribution in [2.24, 2.45) is 13.0 Å². The van der Waals surface area contributed by atoms with Gasteiger partial charge in [0.15, 0.2) is 0 Å². The summed E-state index contributed by atoms with van der Waals surface area (Å²) in [5, 5.41) is 4.16. The Labute approximate surface area is 136 Å². The molecule has 1 aromatic heterocycles. The normalized spacial score (nSPS) is 15.7. The van der Waals surface area contributed by atoms with E-state index in [9.17, 15) is 4.79 Å². The maximum Gasteiger partial charge on any atom is 0.260 e. The number of piperidine rings is 1. The van der Waals surface area contributed by atoms with E-state index < -0.39 is 0 Å². The number of benzene rings is 1. The molecule has 0 saturated carbocycles. The molecular weight excluding hydrogens is 290 g/mol. The summed E-state index contributed by atoms with van der Waals surface area (Å²) in [5.41, 5.74) is 1.93. The van der Waals surface area contributed by atoms with Crippen molar-refractivity contribution >= 4 is 5.91 Å². The number of aryl methyl sites for hydroxylation is 1. The smallest absolute Gasteiger partial charge is 0.260 e. The molecule has 1 fully saturated rings. The molecule has 0 N–H and O–H groups in total. The fourth-order valence-corrected chi connectivity index (χ4v) is 3.22. The summed E-state index contributed by atoms with van der Waals surface area (Å²) in [4.78, 5) is 14.6. The number of rotatable bonds is 4. The highest BCUT2D eigenvalue weighted by atomic mass is 16.5. The van der Waals surface area contributed by atoms with Crippen LogP contribution in [0, 0.1) is 5.92 Å². The zero-order chi connectivity index (χ0) is 16.2. The minimum Gasteiger partial charge on any atom is -0.479 e. The molecule has 1 amide bonds. The van der Waals surface area contributed by atoms with Crippen LogP contribution >= 0.6 is 0 Å². The van der Waals surface area contributed by atoms with Gasteiger partial charge in [-0.2, -0.15) is 0 Å². The lowest BCUT2D eigenvalue weighted by molar-refractivity contribution is 0.0687. The molecule has 0 radical (unpaired) electrons. The van der Waals surface area contributed by atoms with Gasteiger partial charge in [0.2, 0.25) is 5.88 Å². The van der Waals surface area contributed by atoms with Crippen molar-refractivity contribution in [2.45, 2.75) is 19.3 Å². The third kappa shape index (κ3) is 3.55. The largest absolute Gasteiger partial charge is 0.479 e. The SMILES string of the molecule is COc1nn(C)cc1C(=O)N1CCC(Cc2ccccc2)CC1. The summed E-state index contributed by atoms with van der Waals surface area (Å²) in [6, 6.07) is 10.6. The van der Waals surface area contributed by atoms with E-state index >= 15 is 0 Å². The van der Waals surface area contributed by atoms with E-state index in [4.69, 9.17) is 4.74 Å². The lowest BCUT2D eigenvalue weighted by Gasteiger charge is -2.32. The lowest BCUT2D eigenvalue weighted by Crippen LogP contribution is -2.38. The van der Waals surface area contributed by atoms with Gasteiger partial charge in [0.25, 0.3) is 5.91 Å². The van der Waals surface area contributed by atoms with E-state index in [-0.39, 0.29) is 5.91 Å². The number of nitrogens with zero attached hydrogens (tertiary/aromatic N) is 3. The molecule has 5 nitrogen and oxygen atoms in total. The Morgan fingerprint density at radius 3 is 2.61 bits per heavy atom. The van der Waals surface area contributed by atoms with Gasteiger partial charge in [-0.1, -0.05) is 30.3 Å². The molecule has 0 bridgehead atoms. The summed E-state index contributed by atoms with van der Waals surface area (Å²) in [6.45, 7) is 1.60. The second kappa shape index (κ2) is 6.86. The number of methoxy groups -OCH3 is 1. The van der Waals surface area contributed by atoms with E-state index in [2.05, 4.69) is 29.4 Å². The zero-order valence-electron chi connectivity index (χ0n) is 13.7. The summed E-state index contributed by atoms with van der Waals surface area (Å²) in [6.07, 6.45) is 4.92. The fourth-order valence-electron chi connectivity index (χ4n) is 3.22. The standard InChI is InChI=1S/C18H23N3O2/c1-20-13-16(17(19-20)23-2)18(22)21-10-8-15(9-11-21)12-14-6-4-3-5-7-14/h3-7,13,15H,8-12H2,1-2H3. The van der Waals surface area contributed by atoms with Gasteiger partial charge in [-0.3, -0.25) is 9.48 Å². The monoisotopic (exact) mass is 313 g/mol. The van der Waals surface area contributed by atoms with Gasteiger partial charge in [-0.15, -0.1) is 5.10 Å². The molecule has 2 aromatic rings. The molecule has 0 atom stereocenters. The molecule has 23 heavy (non-hydrogen) atoms. The van der Waals surface area contributed by atoms with Gasteiger partial charge >= 0.3 is 0 Å². The van der Waals surface area contributed by atoms with Crippen LogP contribution < -0.4 is 4.74 Å². The quantitative estimate of drug-likeness (QED) is 0.871. The first-order valence-corrected chi connectivity index (χ1v) is 8.08. The van der Waals surface area contributed by atoms with E-state index in [0.29, 0.717) is 17.4 Å². The molecule has 122 valence electrons. The first-order valence-electron chi connectivity index (χ1n) is 8.08. The molecule has 0 unspecified atom stereocenters. The van der Waals surface area contributed by atoms with Gasteiger partial charge in [-0.05, 0) is 30.7 Å². The molecule has 0 spiro atoms. The van der Waals surface area contributed by atoms with Crippen LogP contribution in [0.15, 0.2) is 36.5 Å². The van der Waals surface area contributed by atoms with Crippen molar-refractivity contribution in [1.29, 1.82) is 0 Å². The predicted octanol–water partition coefficient (Wildman–Crippen LogP) is 2.52. The van der Waals surface area contributed by atoms with E-state index in [1.54, 1.807) is 25.0 Å². The summed E-state index contributed by atoms with van der Waals surface area (Å²) in [7, 11) is 3.34. The molecule has 2 heterocycles. The number of aromatic nitrogens is 2. The first-order chi connectivity index (χ1) is 11.2. The Morgan fingerprint density at radius 1 is 1.26 bits per heavy atom. The average Bonchev–Trinajstić information content (AvgIpc) is 2.97. The number of hydrogen-bond donors (Lipinski definition) is 0. The summed E-state index contributed by atoms with van der Waals surface area (Å²) < 4.78 is 6.82. The van der Waals surface area contributed by atoms with Gasteiger partial charge in [0.05, 0.1) is 7.11 Å². The number of hydrogen-bond acceptors (Lipinski definition) is 3. The number of carbonyl (C=O) groups is 1. The first kappa shape index (κ1) is 15.6. The van der Waals surface area contributed by atoms with Crippen LogP contribution in [0.4, 0.5) is 0 Å². The van der Waals surface area contributed by atoms with Gasteiger partial charge in [0.1, 0.15) is 5.56 Å². The third-order valence-corrected chi connectivity index (χ3v) is 4.49. The van der Waals surface area contributed by atoms with Crippen LogP contribution in [0.1, 0.15) is 28.8 Å². The highest BCUT2D eigenvalue weighted by Gasteiger charge is 2.27. The fraction of sp³-hybridized carbons (Fsp3) is 0.444. The molecule has 5 heteroatoms. The zero-order valence-corrected chi connectivity index (χ0v) is 13.7. The lowest BCUT2D eigenvalue weighted by atomic mass is 9.90. The molecule has 0 aliphatic carbocycles. The van der Waals surface area contributed by atoms with Crippen molar-refractivity contribution in [3.05, 3.63) is 47.7 Å². The van der Waals surface area contributed by atoms with Crippen molar-refractivity contribution in [1.82, 2.24) is 14.7 Å². The Bertz CT molecular complexity index is 658. The molecule has 3 rings (SSSR count). The highest BCUT2D eigenvalue weighted by molar-refractivity contribution is 5.96. The number of ether oxygens (including phenoxy) is 1. The van der Waals surface area contributed by atoms with Crippen molar-refractivity contribution in [2.75, 3.05) is 20.2 Å². The van der Waals surface area contributed by atoms with Crippen molar-refractivity contribution in [3.8, 4) is 5.88 Å². The van der Waals surface area contributed by atoms with Crippen molar-refractivity contribution < 1.29 is 9.53 Å². The van der Waals surface area contributed by atoms with Crippen LogP contribution in [-0.4, -0.2) is 40.8 Å². The Balaban J connectivity index is 1.59. The van der Waals surface area contributed by atoms with Gasteiger partial charge in [-0.25, -0.2) is 0 Å². The highest BCUT2D eigenvalue weighted by Crippen LogP contribution is 2.24. The van der Waals surface area contributed by atoms with E-state index in [1.807, 2.05) is 11.0 Å². The van der Waals surface area contributed by atoms with Crippen LogP contribution in [0.3, 0.4) is 0 Å². The maximum absolute atomic E-state index is 12.7. The summed E-state index contributed by atoms with van der Waals surface area (Å²) in [5.74, 6) is 1.08. The maximum atomic E-state index is 12.7. The molecule has 1 aromatic carbocycles. The van der Waals surface area contributed by atoms with Crippen LogP contribution in [0.5, 0.6) is 5.88 Å². The van der Waals surface area contributed by atoms with E-state index in [0.717, 1.165) is 32.4 Å². The Hall–Kier alpha value is -2.30. The molecule has 1 aliphatic heterocycles. The van der Waals surface area contributed by atoms with Crippen LogP contribution in [-0.2, 0) is 13.5 Å². The second-order valence-electron chi connectivity index (χ2n) is 6.15. The van der Waals surface area contributed by atoms with Crippen molar-refractivity contribution in [3.63, 3.8) is 0 Å². The van der Waals surface area contributed by atoms with Gasteiger partial charge < -0.3 is 9.64 Å². The molecule has 1 saturated heterocycles. The Morgan fingerprint density at radius 2 is 1.96 bits per heavy atom. The Kier molecular flexibility index (Phi) is 4.65. The number of carbonyl (C=O) groups excluding carboxylic acids is 1. The number of likely N-dealkylation sites (tertiary alicyclic amines) is 1. The third-order valence-electron chi connectivity index (χ3n) is 4.49. The minimum atomic E-state index is 0.0214. The van der Waals surface area contributed by atoms with Crippen LogP contribution in [0.25, 0.3) is 0 Å². The minimum absolute atomic E-state index is 0.0214. The van der Waals surface area contributed by atoms with E-state index in [1.165, 1.54) is 5.56 Å². The average molecular weight is 313 g/mol. The molecule has 1 aliphatic rings. The summed E-state index contributed by atoms with van der Waals surface area (Å²) >= 11 is 0. The number of amides is 1. The van der Waals surface area contributed by atoms with Gasteiger partial charge in [0, 0.05) is 26.3 Å². The second-order valence-corrected chi connectivity index (χ2v) is 6.15. The van der Waals surface area contributed by atoms with Crippen LogP contribution in [0.2, 0.25) is 0 Å².